The molecule has 0 amide bonds. The van der Waals surface area contributed by atoms with Crippen LogP contribution in [0.15, 0.2) is 23.1 Å². The number of rotatable bonds is 5. The minimum atomic E-state index is -0.698. The van der Waals surface area contributed by atoms with E-state index in [1.807, 2.05) is 11.8 Å². The molecule has 0 saturated heterocycles. The average Bonchev–Trinajstić information content (AvgIpc) is 2.41. The van der Waals surface area contributed by atoms with E-state index >= 15 is 0 Å². The number of carboxylic acids is 1. The maximum absolute atomic E-state index is 10.8. The second-order valence-electron chi connectivity index (χ2n) is 5.45. The van der Waals surface area contributed by atoms with Crippen molar-refractivity contribution in [3.05, 3.63) is 29.3 Å². The Morgan fingerprint density at radius 2 is 1.95 bits per heavy atom. The molecular weight excluding hydrogens is 288 g/mol. The summed E-state index contributed by atoms with van der Waals surface area (Å²) in [6, 6.07) is 6.60. The number of hydrogen-bond acceptors (Lipinski definition) is 3. The summed E-state index contributed by atoms with van der Waals surface area (Å²) in [7, 11) is 0. The van der Waals surface area contributed by atoms with Crippen LogP contribution in [0.1, 0.15) is 36.8 Å². The topological polar surface area (TPSA) is 37.3 Å². The summed E-state index contributed by atoms with van der Waals surface area (Å²) in [4.78, 5) is 12.1. The van der Waals surface area contributed by atoms with Crippen LogP contribution in [0, 0.1) is 13.8 Å². The Morgan fingerprint density at radius 1 is 1.25 bits per heavy atom. The highest BCUT2D eigenvalue weighted by molar-refractivity contribution is 8.04. The van der Waals surface area contributed by atoms with E-state index in [2.05, 4.69) is 32.0 Å². The van der Waals surface area contributed by atoms with Gasteiger partial charge < -0.3 is 5.11 Å². The lowest BCUT2D eigenvalue weighted by Gasteiger charge is -2.30. The predicted octanol–water partition coefficient (Wildman–Crippen LogP) is 4.52. The first kappa shape index (κ1) is 15.8. The molecule has 0 aliphatic heterocycles. The Balaban J connectivity index is 2.02. The van der Waals surface area contributed by atoms with E-state index in [-0.39, 0.29) is 5.75 Å². The molecule has 20 heavy (non-hydrogen) atoms. The Bertz CT molecular complexity index is 474. The molecule has 2 nitrogen and oxygen atoms in total. The molecule has 0 bridgehead atoms. The number of hydrogen-bond donors (Lipinski definition) is 1. The summed E-state index contributed by atoms with van der Waals surface area (Å²) in [6.07, 6.45) is 4.86. The van der Waals surface area contributed by atoms with Crippen molar-refractivity contribution < 1.29 is 9.90 Å². The van der Waals surface area contributed by atoms with Gasteiger partial charge in [-0.1, -0.05) is 30.5 Å². The molecule has 2 rings (SSSR count). The third-order valence-corrected chi connectivity index (χ3v) is 6.83. The number of benzene rings is 1. The summed E-state index contributed by atoms with van der Waals surface area (Å²) >= 11 is 3.57. The van der Waals surface area contributed by atoms with Gasteiger partial charge in [0.15, 0.2) is 0 Å². The highest BCUT2D eigenvalue weighted by Gasteiger charge is 2.27. The molecule has 1 aromatic carbocycles. The highest BCUT2D eigenvalue weighted by atomic mass is 32.2. The van der Waals surface area contributed by atoms with Crippen LogP contribution in [0.2, 0.25) is 0 Å². The number of aliphatic carboxylic acids is 1. The van der Waals surface area contributed by atoms with Gasteiger partial charge in [0.2, 0.25) is 0 Å². The van der Waals surface area contributed by atoms with Crippen molar-refractivity contribution in [2.24, 2.45) is 0 Å². The third-order valence-electron chi connectivity index (χ3n) is 3.67. The molecule has 2 atom stereocenters. The Morgan fingerprint density at radius 3 is 2.60 bits per heavy atom. The van der Waals surface area contributed by atoms with Crippen molar-refractivity contribution in [3.8, 4) is 0 Å². The summed E-state index contributed by atoms with van der Waals surface area (Å²) in [5.41, 5.74) is 2.63. The number of carbonyl (C=O) groups is 1. The zero-order valence-corrected chi connectivity index (χ0v) is 13.7. The van der Waals surface area contributed by atoms with Crippen LogP contribution < -0.4 is 0 Å². The first-order valence-electron chi connectivity index (χ1n) is 7.13. The van der Waals surface area contributed by atoms with Crippen LogP contribution in [0.25, 0.3) is 0 Å². The van der Waals surface area contributed by atoms with Gasteiger partial charge in [0, 0.05) is 15.4 Å². The molecule has 0 spiro atoms. The zero-order chi connectivity index (χ0) is 14.5. The number of aryl methyl sites for hydroxylation is 2. The molecule has 1 fully saturated rings. The fourth-order valence-corrected chi connectivity index (χ4v) is 5.39. The summed E-state index contributed by atoms with van der Waals surface area (Å²) < 4.78 is 0. The summed E-state index contributed by atoms with van der Waals surface area (Å²) in [5, 5.41) is 9.89. The molecule has 1 aliphatic carbocycles. The molecule has 110 valence electrons. The molecule has 1 saturated carbocycles. The van der Waals surface area contributed by atoms with Crippen LogP contribution in [0.3, 0.4) is 0 Å². The van der Waals surface area contributed by atoms with Gasteiger partial charge >= 0.3 is 5.97 Å². The van der Waals surface area contributed by atoms with Crippen molar-refractivity contribution in [2.45, 2.75) is 54.9 Å². The minimum absolute atomic E-state index is 0.231. The number of thioether (sulfide) groups is 2. The fourth-order valence-electron chi connectivity index (χ4n) is 2.66. The van der Waals surface area contributed by atoms with E-state index in [1.54, 1.807) is 11.8 Å². The van der Waals surface area contributed by atoms with Gasteiger partial charge in [0.05, 0.1) is 5.75 Å². The second kappa shape index (κ2) is 7.41. The number of carboxylic acid groups (broad SMARTS) is 1. The van der Waals surface area contributed by atoms with Gasteiger partial charge in [-0.2, -0.15) is 0 Å². The lowest BCUT2D eigenvalue weighted by molar-refractivity contribution is -0.133. The molecule has 0 heterocycles. The first-order chi connectivity index (χ1) is 9.56. The third kappa shape index (κ3) is 4.45. The maximum Gasteiger partial charge on any atom is 0.313 e. The van der Waals surface area contributed by atoms with Crippen molar-refractivity contribution in [1.82, 2.24) is 0 Å². The lowest BCUT2D eigenvalue weighted by atomic mass is 10.00. The molecule has 1 aromatic rings. The van der Waals surface area contributed by atoms with Crippen molar-refractivity contribution in [1.29, 1.82) is 0 Å². The molecule has 1 N–H and O–H groups in total. The zero-order valence-electron chi connectivity index (χ0n) is 12.1. The predicted molar refractivity (Wildman–Crippen MR) is 87.9 cm³/mol. The van der Waals surface area contributed by atoms with E-state index in [0.29, 0.717) is 10.5 Å². The van der Waals surface area contributed by atoms with E-state index in [9.17, 15) is 4.79 Å². The molecule has 0 aromatic heterocycles. The van der Waals surface area contributed by atoms with E-state index < -0.39 is 5.97 Å². The molecule has 0 radical (unpaired) electrons. The SMILES string of the molecule is Cc1ccc(S[C@@H]2CCCC[C@H]2SCC(=O)O)c(C)c1. The highest BCUT2D eigenvalue weighted by Crippen LogP contribution is 2.40. The Kier molecular flexibility index (Phi) is 5.85. The Labute approximate surface area is 129 Å². The molecule has 1 aliphatic rings. The first-order valence-corrected chi connectivity index (χ1v) is 9.06. The average molecular weight is 310 g/mol. The van der Waals surface area contributed by atoms with Gasteiger partial charge in [-0.3, -0.25) is 4.79 Å². The van der Waals surface area contributed by atoms with Crippen molar-refractivity contribution in [2.75, 3.05) is 5.75 Å². The van der Waals surface area contributed by atoms with Crippen LogP contribution in [0.4, 0.5) is 0 Å². The standard InChI is InChI=1S/C16H22O2S2/c1-11-7-8-13(12(2)9-11)20-15-6-4-3-5-14(15)19-10-16(17)18/h7-9,14-15H,3-6,10H2,1-2H3,(H,17,18)/t14-,15-/m1/s1. The molecule has 4 heteroatoms. The van der Waals surface area contributed by atoms with E-state index in [4.69, 9.17) is 5.11 Å². The van der Waals surface area contributed by atoms with Gasteiger partial charge in [-0.25, -0.2) is 0 Å². The van der Waals surface area contributed by atoms with Crippen LogP contribution in [-0.2, 0) is 4.79 Å². The van der Waals surface area contributed by atoms with E-state index in [1.165, 1.54) is 35.3 Å². The van der Waals surface area contributed by atoms with Gasteiger partial charge in [-0.05, 0) is 38.3 Å². The second-order valence-corrected chi connectivity index (χ2v) is 7.96. The Hall–Kier alpha value is -0.610. The van der Waals surface area contributed by atoms with Gasteiger partial charge in [-0.15, -0.1) is 23.5 Å². The summed E-state index contributed by atoms with van der Waals surface area (Å²) in [6.45, 7) is 4.28. The molecule has 0 unspecified atom stereocenters. The van der Waals surface area contributed by atoms with Crippen LogP contribution in [-0.4, -0.2) is 27.3 Å². The van der Waals surface area contributed by atoms with Crippen molar-refractivity contribution in [3.63, 3.8) is 0 Å². The minimum Gasteiger partial charge on any atom is -0.481 e. The smallest absolute Gasteiger partial charge is 0.313 e. The van der Waals surface area contributed by atoms with Crippen LogP contribution in [0.5, 0.6) is 0 Å². The van der Waals surface area contributed by atoms with Crippen LogP contribution >= 0.6 is 23.5 Å². The summed E-state index contributed by atoms with van der Waals surface area (Å²) in [5.74, 6) is -0.468. The van der Waals surface area contributed by atoms with E-state index in [0.717, 1.165) is 6.42 Å². The van der Waals surface area contributed by atoms with Gasteiger partial charge in [0.1, 0.15) is 0 Å². The van der Waals surface area contributed by atoms with Crippen molar-refractivity contribution >= 4 is 29.5 Å². The largest absolute Gasteiger partial charge is 0.481 e. The fraction of sp³-hybridized carbons (Fsp3) is 0.562. The quantitative estimate of drug-likeness (QED) is 0.867. The van der Waals surface area contributed by atoms with Gasteiger partial charge in [0.25, 0.3) is 0 Å². The monoisotopic (exact) mass is 310 g/mol. The lowest BCUT2D eigenvalue weighted by Crippen LogP contribution is -2.25. The molecular formula is C16H22O2S2. The maximum atomic E-state index is 10.8. The normalized spacial score (nSPS) is 22.7.